The summed E-state index contributed by atoms with van der Waals surface area (Å²) in [6, 6.07) is 6.98. The maximum Gasteiger partial charge on any atom is 0.125 e. The summed E-state index contributed by atoms with van der Waals surface area (Å²) < 4.78 is 3.60. The van der Waals surface area contributed by atoms with Gasteiger partial charge >= 0.3 is 0 Å². The standard InChI is InChI=1S/C15H19ClIN3/c1-2-19-7-3-4-12(10-19)20-14-6-5-11(17)8-13(14)18-15(20)9-16/h5-6,8,12H,2-4,7,9-10H2,1H3. The van der Waals surface area contributed by atoms with Crippen LogP contribution in [0.1, 0.15) is 31.6 Å². The Kier molecular flexibility index (Phi) is 4.52. The molecule has 1 aliphatic heterocycles. The van der Waals surface area contributed by atoms with E-state index in [4.69, 9.17) is 16.6 Å². The molecule has 1 aliphatic rings. The predicted molar refractivity (Wildman–Crippen MR) is 92.4 cm³/mol. The van der Waals surface area contributed by atoms with Crippen LogP contribution in [-0.4, -0.2) is 34.1 Å². The molecule has 108 valence electrons. The van der Waals surface area contributed by atoms with E-state index in [1.807, 2.05) is 0 Å². The number of imidazole rings is 1. The van der Waals surface area contributed by atoms with Gasteiger partial charge in [-0.05, 0) is 66.7 Å². The van der Waals surface area contributed by atoms with Crippen molar-refractivity contribution in [2.24, 2.45) is 0 Å². The molecule has 0 amide bonds. The first kappa shape index (κ1) is 14.6. The Balaban J connectivity index is 2.04. The Morgan fingerprint density at radius 2 is 2.30 bits per heavy atom. The molecule has 1 saturated heterocycles. The molecule has 0 saturated carbocycles. The van der Waals surface area contributed by atoms with Gasteiger partial charge in [-0.3, -0.25) is 0 Å². The first-order valence-electron chi connectivity index (χ1n) is 7.17. The third-order valence-corrected chi connectivity index (χ3v) is 5.05. The molecule has 3 rings (SSSR count). The van der Waals surface area contributed by atoms with Crippen LogP contribution in [-0.2, 0) is 5.88 Å². The fourth-order valence-electron chi connectivity index (χ4n) is 3.15. The first-order valence-corrected chi connectivity index (χ1v) is 8.79. The van der Waals surface area contributed by atoms with E-state index < -0.39 is 0 Å². The van der Waals surface area contributed by atoms with Gasteiger partial charge in [0.15, 0.2) is 0 Å². The van der Waals surface area contributed by atoms with Gasteiger partial charge in [0.25, 0.3) is 0 Å². The highest BCUT2D eigenvalue weighted by atomic mass is 127. The molecule has 3 nitrogen and oxygen atoms in total. The second kappa shape index (κ2) is 6.20. The van der Waals surface area contributed by atoms with Crippen molar-refractivity contribution in [2.75, 3.05) is 19.6 Å². The molecule has 1 aromatic heterocycles. The van der Waals surface area contributed by atoms with E-state index in [0.717, 1.165) is 24.4 Å². The zero-order chi connectivity index (χ0) is 14.1. The van der Waals surface area contributed by atoms with Crippen molar-refractivity contribution < 1.29 is 0 Å². The third-order valence-electron chi connectivity index (χ3n) is 4.14. The molecule has 1 fully saturated rings. The van der Waals surface area contributed by atoms with Crippen molar-refractivity contribution in [3.63, 3.8) is 0 Å². The quantitative estimate of drug-likeness (QED) is 0.570. The van der Waals surface area contributed by atoms with Gasteiger partial charge in [0, 0.05) is 16.2 Å². The number of benzene rings is 1. The number of halogens is 2. The van der Waals surface area contributed by atoms with Crippen molar-refractivity contribution in [1.82, 2.24) is 14.5 Å². The van der Waals surface area contributed by atoms with Gasteiger partial charge in [-0.1, -0.05) is 6.92 Å². The summed E-state index contributed by atoms with van der Waals surface area (Å²) in [5, 5.41) is 0. The molecule has 0 spiro atoms. The van der Waals surface area contributed by atoms with E-state index in [1.165, 1.54) is 28.5 Å². The van der Waals surface area contributed by atoms with Crippen LogP contribution in [0.3, 0.4) is 0 Å². The van der Waals surface area contributed by atoms with Crippen molar-refractivity contribution >= 4 is 45.2 Å². The van der Waals surface area contributed by atoms with Crippen molar-refractivity contribution in [1.29, 1.82) is 0 Å². The number of rotatable bonds is 3. The molecule has 2 aromatic rings. The Bertz CT molecular complexity index is 610. The van der Waals surface area contributed by atoms with Crippen LogP contribution >= 0.6 is 34.2 Å². The SMILES string of the molecule is CCN1CCCC(n2c(CCl)nc3cc(I)ccc32)C1. The summed E-state index contributed by atoms with van der Waals surface area (Å²) in [5.74, 6) is 1.49. The minimum atomic E-state index is 0.480. The van der Waals surface area contributed by atoms with E-state index in [-0.39, 0.29) is 0 Å². The largest absolute Gasteiger partial charge is 0.323 e. The topological polar surface area (TPSA) is 21.1 Å². The Morgan fingerprint density at radius 1 is 1.45 bits per heavy atom. The van der Waals surface area contributed by atoms with Crippen LogP contribution in [0.25, 0.3) is 11.0 Å². The third kappa shape index (κ3) is 2.70. The Hall–Kier alpha value is -0.330. The van der Waals surface area contributed by atoms with Gasteiger partial charge in [-0.15, -0.1) is 11.6 Å². The number of hydrogen-bond acceptors (Lipinski definition) is 2. The van der Waals surface area contributed by atoms with Gasteiger partial charge in [-0.25, -0.2) is 4.98 Å². The average molecular weight is 404 g/mol. The first-order chi connectivity index (χ1) is 9.72. The Morgan fingerprint density at radius 3 is 3.05 bits per heavy atom. The minimum Gasteiger partial charge on any atom is -0.323 e. The second-order valence-corrected chi connectivity index (χ2v) is 6.87. The molecule has 0 aliphatic carbocycles. The molecule has 0 radical (unpaired) electrons. The number of likely N-dealkylation sites (N-methyl/N-ethyl adjacent to an activating group) is 1. The molecule has 1 unspecified atom stereocenters. The Labute approximate surface area is 138 Å². The van der Waals surface area contributed by atoms with E-state index in [9.17, 15) is 0 Å². The van der Waals surface area contributed by atoms with E-state index in [1.54, 1.807) is 0 Å². The highest BCUT2D eigenvalue weighted by Crippen LogP contribution is 2.29. The number of likely N-dealkylation sites (tertiary alicyclic amines) is 1. The van der Waals surface area contributed by atoms with Crippen molar-refractivity contribution in [3.8, 4) is 0 Å². The molecule has 1 aromatic carbocycles. The highest BCUT2D eigenvalue weighted by molar-refractivity contribution is 14.1. The van der Waals surface area contributed by atoms with Crippen LogP contribution in [0, 0.1) is 3.57 Å². The molecular formula is C15H19ClIN3. The number of fused-ring (bicyclic) bond motifs is 1. The second-order valence-electron chi connectivity index (χ2n) is 5.35. The number of nitrogens with zero attached hydrogens (tertiary/aromatic N) is 3. The van der Waals surface area contributed by atoms with E-state index in [2.05, 4.69) is 57.2 Å². The summed E-state index contributed by atoms with van der Waals surface area (Å²) in [4.78, 5) is 7.24. The molecule has 0 bridgehead atoms. The van der Waals surface area contributed by atoms with Crippen LogP contribution < -0.4 is 0 Å². The summed E-state index contributed by atoms with van der Waals surface area (Å²) in [5.41, 5.74) is 2.30. The van der Waals surface area contributed by atoms with Gasteiger partial charge in [0.05, 0.1) is 16.9 Å². The summed E-state index contributed by atoms with van der Waals surface area (Å²) in [6.07, 6.45) is 2.47. The number of piperidine rings is 1. The average Bonchev–Trinajstić information content (AvgIpc) is 2.84. The number of alkyl halides is 1. The summed E-state index contributed by atoms with van der Waals surface area (Å²) in [7, 11) is 0. The van der Waals surface area contributed by atoms with E-state index >= 15 is 0 Å². The molecule has 0 N–H and O–H groups in total. The monoisotopic (exact) mass is 403 g/mol. The van der Waals surface area contributed by atoms with Gasteiger partial charge in [-0.2, -0.15) is 0 Å². The molecule has 5 heteroatoms. The molecule has 1 atom stereocenters. The van der Waals surface area contributed by atoms with Crippen LogP contribution in [0.4, 0.5) is 0 Å². The molecule has 20 heavy (non-hydrogen) atoms. The van der Waals surface area contributed by atoms with E-state index in [0.29, 0.717) is 11.9 Å². The lowest BCUT2D eigenvalue weighted by molar-refractivity contribution is 0.186. The van der Waals surface area contributed by atoms with Crippen LogP contribution in [0.15, 0.2) is 18.2 Å². The fourth-order valence-corrected chi connectivity index (χ4v) is 3.82. The van der Waals surface area contributed by atoms with Crippen LogP contribution in [0.2, 0.25) is 0 Å². The summed E-state index contributed by atoms with van der Waals surface area (Å²) >= 11 is 8.47. The zero-order valence-electron chi connectivity index (χ0n) is 11.6. The normalized spacial score (nSPS) is 20.6. The minimum absolute atomic E-state index is 0.480. The summed E-state index contributed by atoms with van der Waals surface area (Å²) in [6.45, 7) is 5.68. The lowest BCUT2D eigenvalue weighted by Crippen LogP contribution is -2.36. The lowest BCUT2D eigenvalue weighted by atomic mass is 10.1. The predicted octanol–water partition coefficient (Wildman–Crippen LogP) is 4.04. The maximum absolute atomic E-state index is 6.13. The fraction of sp³-hybridized carbons (Fsp3) is 0.533. The highest BCUT2D eigenvalue weighted by Gasteiger charge is 2.24. The smallest absolute Gasteiger partial charge is 0.125 e. The van der Waals surface area contributed by atoms with Crippen molar-refractivity contribution in [3.05, 3.63) is 27.6 Å². The van der Waals surface area contributed by atoms with Gasteiger partial charge in [0.2, 0.25) is 0 Å². The maximum atomic E-state index is 6.13. The van der Waals surface area contributed by atoms with Crippen molar-refractivity contribution in [2.45, 2.75) is 31.7 Å². The number of aromatic nitrogens is 2. The molecular weight excluding hydrogens is 385 g/mol. The van der Waals surface area contributed by atoms with Gasteiger partial charge < -0.3 is 9.47 Å². The zero-order valence-corrected chi connectivity index (χ0v) is 14.6. The lowest BCUT2D eigenvalue weighted by Gasteiger charge is -2.33. The number of hydrogen-bond donors (Lipinski definition) is 0. The van der Waals surface area contributed by atoms with Gasteiger partial charge in [0.1, 0.15) is 5.82 Å². The molecule has 2 heterocycles. The van der Waals surface area contributed by atoms with Crippen LogP contribution in [0.5, 0.6) is 0 Å².